The highest BCUT2D eigenvalue weighted by Gasteiger charge is 2.35. The Hall–Kier alpha value is -1.96. The first-order valence-corrected chi connectivity index (χ1v) is 9.34. The summed E-state index contributed by atoms with van der Waals surface area (Å²) in [6, 6.07) is 10.6. The topological polar surface area (TPSA) is 59.3 Å². The number of hydrogen-bond acceptors (Lipinski definition) is 4. The largest absolute Gasteiger partial charge is 0.492 e. The quantitative estimate of drug-likeness (QED) is 0.591. The van der Waals surface area contributed by atoms with E-state index in [0.29, 0.717) is 0 Å². The molecule has 6 nitrogen and oxygen atoms in total. The number of thiazole rings is 1. The number of nitrogens with one attached hydrogen (secondary N) is 2. The summed E-state index contributed by atoms with van der Waals surface area (Å²) in [6.07, 6.45) is 1.49. The molecule has 2 aromatic heterocycles. The highest BCUT2D eigenvalue weighted by molar-refractivity contribution is 7.17. The van der Waals surface area contributed by atoms with Crippen molar-refractivity contribution in [2.75, 3.05) is 32.7 Å². The van der Waals surface area contributed by atoms with Crippen molar-refractivity contribution in [1.29, 1.82) is 0 Å². The summed E-state index contributed by atoms with van der Waals surface area (Å²) < 4.78 is 1.54. The Kier molecular flexibility index (Phi) is 4.22. The zero-order valence-electron chi connectivity index (χ0n) is 13.8. The Balaban J connectivity index is 1.73. The van der Waals surface area contributed by atoms with Crippen molar-refractivity contribution in [3.05, 3.63) is 47.1 Å². The van der Waals surface area contributed by atoms with Crippen LogP contribution in [-0.2, 0) is 0 Å². The molecule has 7 heteroatoms. The fraction of sp³-hybridized carbons (Fsp3) is 0.412. The van der Waals surface area contributed by atoms with Crippen molar-refractivity contribution in [2.45, 2.75) is 13.0 Å². The van der Waals surface area contributed by atoms with Crippen LogP contribution in [0.2, 0.25) is 0 Å². The number of fused-ring (bicyclic) bond motifs is 1. The van der Waals surface area contributed by atoms with E-state index in [1.807, 2.05) is 6.07 Å². The second kappa shape index (κ2) is 6.51. The van der Waals surface area contributed by atoms with Gasteiger partial charge in [0.2, 0.25) is 10.8 Å². The second-order valence-corrected chi connectivity index (χ2v) is 7.36. The van der Waals surface area contributed by atoms with Gasteiger partial charge in [0.05, 0.1) is 6.54 Å². The first kappa shape index (κ1) is 15.6. The molecular formula is C17H23N5OS+2. The van der Waals surface area contributed by atoms with Crippen molar-refractivity contribution in [1.82, 2.24) is 14.6 Å². The van der Waals surface area contributed by atoms with Crippen LogP contribution in [0.15, 0.2) is 36.7 Å². The predicted molar refractivity (Wildman–Crippen MR) is 92.7 cm³/mol. The van der Waals surface area contributed by atoms with E-state index in [9.17, 15) is 5.11 Å². The summed E-state index contributed by atoms with van der Waals surface area (Å²) >= 11 is 1.55. The number of likely N-dealkylation sites (N-methyl/N-ethyl adjacent to an activating group) is 1. The summed E-state index contributed by atoms with van der Waals surface area (Å²) in [5, 5.41) is 14.8. The molecule has 1 atom stereocenters. The molecule has 0 unspecified atom stereocenters. The number of piperazine rings is 1. The van der Waals surface area contributed by atoms with Crippen molar-refractivity contribution in [2.24, 2.45) is 0 Å². The number of hydrogen-bond donors (Lipinski definition) is 3. The number of rotatable bonds is 4. The normalized spacial score (nSPS) is 22.7. The fourth-order valence-corrected chi connectivity index (χ4v) is 4.78. The van der Waals surface area contributed by atoms with Gasteiger partial charge in [0.15, 0.2) is 6.04 Å². The van der Waals surface area contributed by atoms with Crippen LogP contribution in [0.1, 0.15) is 23.4 Å². The molecule has 0 spiro atoms. The minimum absolute atomic E-state index is 0.137. The van der Waals surface area contributed by atoms with Gasteiger partial charge in [-0.2, -0.15) is 9.61 Å². The summed E-state index contributed by atoms with van der Waals surface area (Å²) in [5.74, 6) is 0.235. The molecule has 1 fully saturated rings. The van der Waals surface area contributed by atoms with Crippen LogP contribution >= 0.6 is 11.3 Å². The van der Waals surface area contributed by atoms with Crippen LogP contribution < -0.4 is 9.80 Å². The van der Waals surface area contributed by atoms with Crippen LogP contribution in [0, 0.1) is 0 Å². The third kappa shape index (κ3) is 2.68. The van der Waals surface area contributed by atoms with Crippen LogP contribution in [-0.4, -0.2) is 52.4 Å². The third-order valence-electron chi connectivity index (χ3n) is 5.04. The number of aromatic hydroxyl groups is 1. The SMILES string of the molecule is CC[NH+]1CC[NH+]([C@@H](c2ccccc2)c2sc3ncnn3c2O)CC1. The lowest BCUT2D eigenvalue weighted by atomic mass is 10.0. The molecule has 1 aliphatic heterocycles. The van der Waals surface area contributed by atoms with Gasteiger partial charge in [-0.1, -0.05) is 41.7 Å². The first-order chi connectivity index (χ1) is 11.8. The number of benzene rings is 1. The standard InChI is InChI=1S/C17H21N5OS/c1-2-20-8-10-21(11-9-20)14(13-6-4-3-5-7-13)15-16(23)22-17(24-15)18-12-19-22/h3-7,12,14,23H,2,8-11H2,1H3/p+2/t14-/m0/s1. The zero-order chi connectivity index (χ0) is 16.5. The minimum atomic E-state index is 0.137. The smallest absolute Gasteiger partial charge is 0.235 e. The Bertz CT molecular complexity index is 807. The molecule has 1 saturated heterocycles. The highest BCUT2D eigenvalue weighted by atomic mass is 32.1. The second-order valence-electron chi connectivity index (χ2n) is 6.35. The Morgan fingerprint density at radius 1 is 1.21 bits per heavy atom. The molecule has 3 aromatic rings. The summed E-state index contributed by atoms with van der Waals surface area (Å²) in [7, 11) is 0. The van der Waals surface area contributed by atoms with Gasteiger partial charge in [-0.15, -0.1) is 0 Å². The van der Waals surface area contributed by atoms with Gasteiger partial charge in [0.25, 0.3) is 0 Å². The van der Waals surface area contributed by atoms with Crippen LogP contribution in [0.3, 0.4) is 0 Å². The molecule has 0 saturated carbocycles. The lowest BCUT2D eigenvalue weighted by Gasteiger charge is -2.34. The van der Waals surface area contributed by atoms with E-state index in [2.05, 4.69) is 41.3 Å². The lowest BCUT2D eigenvalue weighted by molar-refractivity contribution is -1.02. The van der Waals surface area contributed by atoms with Gasteiger partial charge in [0.1, 0.15) is 37.4 Å². The Morgan fingerprint density at radius 2 is 1.96 bits per heavy atom. The lowest BCUT2D eigenvalue weighted by Crippen LogP contribution is -3.28. The monoisotopic (exact) mass is 345 g/mol. The number of aromatic nitrogens is 3. The van der Waals surface area contributed by atoms with E-state index in [1.165, 1.54) is 36.4 Å². The van der Waals surface area contributed by atoms with Gasteiger partial charge in [-0.3, -0.25) is 0 Å². The van der Waals surface area contributed by atoms with E-state index >= 15 is 0 Å². The first-order valence-electron chi connectivity index (χ1n) is 8.52. The molecule has 3 heterocycles. The molecule has 1 aliphatic rings. The molecule has 1 aromatic carbocycles. The van der Waals surface area contributed by atoms with Crippen LogP contribution in [0.4, 0.5) is 0 Å². The maximum atomic E-state index is 10.7. The van der Waals surface area contributed by atoms with Crippen molar-refractivity contribution in [3.8, 4) is 5.88 Å². The summed E-state index contributed by atoms with van der Waals surface area (Å²) in [4.78, 5) is 9.14. The van der Waals surface area contributed by atoms with E-state index in [1.54, 1.807) is 20.8 Å². The molecule has 0 aliphatic carbocycles. The van der Waals surface area contributed by atoms with Crippen LogP contribution in [0.5, 0.6) is 5.88 Å². The van der Waals surface area contributed by atoms with Gasteiger partial charge in [-0.05, 0) is 6.92 Å². The fourth-order valence-electron chi connectivity index (χ4n) is 3.67. The average molecular weight is 345 g/mol. The van der Waals surface area contributed by atoms with E-state index in [4.69, 9.17) is 0 Å². The summed E-state index contributed by atoms with van der Waals surface area (Å²) in [5.41, 5.74) is 1.24. The predicted octanol–water partition coefficient (Wildman–Crippen LogP) is -0.611. The third-order valence-corrected chi connectivity index (χ3v) is 6.14. The maximum absolute atomic E-state index is 10.7. The summed E-state index contributed by atoms with van der Waals surface area (Å²) in [6.45, 7) is 8.01. The Morgan fingerprint density at radius 3 is 2.62 bits per heavy atom. The number of quaternary nitrogens is 2. The van der Waals surface area contributed by atoms with Crippen molar-refractivity contribution in [3.63, 3.8) is 0 Å². The average Bonchev–Trinajstić information content (AvgIpc) is 3.21. The molecule has 4 rings (SSSR count). The van der Waals surface area contributed by atoms with Gasteiger partial charge in [-0.25, -0.2) is 4.98 Å². The van der Waals surface area contributed by atoms with Gasteiger partial charge < -0.3 is 14.9 Å². The van der Waals surface area contributed by atoms with E-state index < -0.39 is 0 Å². The molecule has 126 valence electrons. The van der Waals surface area contributed by atoms with Crippen LogP contribution in [0.25, 0.3) is 4.96 Å². The van der Waals surface area contributed by atoms with Gasteiger partial charge in [0, 0.05) is 5.56 Å². The van der Waals surface area contributed by atoms with E-state index in [-0.39, 0.29) is 11.9 Å². The highest BCUT2D eigenvalue weighted by Crippen LogP contribution is 2.34. The maximum Gasteiger partial charge on any atom is 0.235 e. The molecule has 0 bridgehead atoms. The van der Waals surface area contributed by atoms with E-state index in [0.717, 1.165) is 22.9 Å². The van der Waals surface area contributed by atoms with Crippen molar-refractivity contribution >= 4 is 16.3 Å². The van der Waals surface area contributed by atoms with Crippen molar-refractivity contribution < 1.29 is 14.9 Å². The molecule has 0 radical (unpaired) electrons. The molecular weight excluding hydrogens is 322 g/mol. The zero-order valence-corrected chi connectivity index (χ0v) is 14.6. The van der Waals surface area contributed by atoms with Gasteiger partial charge >= 0.3 is 0 Å². The molecule has 0 amide bonds. The Labute approximate surface area is 145 Å². The number of nitrogens with zero attached hydrogens (tertiary/aromatic N) is 3. The molecule has 24 heavy (non-hydrogen) atoms. The molecule has 3 N–H and O–H groups in total. The minimum Gasteiger partial charge on any atom is -0.492 e.